The molecule has 0 aliphatic rings. The van der Waals surface area contributed by atoms with Crippen LogP contribution >= 0.6 is 0 Å². The Balaban J connectivity index is 3.31. The van der Waals surface area contributed by atoms with E-state index in [1.165, 1.54) is 0 Å². The first-order valence-corrected chi connectivity index (χ1v) is 4.26. The number of unbranched alkanes of at least 4 members (excludes halogenated alkanes) is 1. The third kappa shape index (κ3) is 5.35. The lowest BCUT2D eigenvalue weighted by Crippen LogP contribution is -2.34. The summed E-state index contributed by atoms with van der Waals surface area (Å²) in [4.78, 5) is 10.8. The van der Waals surface area contributed by atoms with Gasteiger partial charge in [0.2, 0.25) is 0 Å². The minimum absolute atomic E-state index is 0.264. The molecule has 12 heavy (non-hydrogen) atoms. The molecule has 0 amide bonds. The van der Waals surface area contributed by atoms with Crippen molar-refractivity contribution in [2.24, 2.45) is 5.73 Å². The van der Waals surface area contributed by atoms with Gasteiger partial charge < -0.3 is 20.8 Å². The normalized spacial score (nSPS) is 12.5. The number of nitrogens with one attached hydrogen (secondary N) is 1. The second-order valence-electron chi connectivity index (χ2n) is 2.83. The summed E-state index contributed by atoms with van der Waals surface area (Å²) in [6.45, 7) is 0.944. The van der Waals surface area contributed by atoms with Gasteiger partial charge in [0.15, 0.2) is 7.98 Å². The Morgan fingerprint density at radius 3 is 2.83 bits per heavy atom. The summed E-state index contributed by atoms with van der Waals surface area (Å²) in [5.41, 5.74) is 5.22. The number of carbonyl (C=O) groups is 1. The van der Waals surface area contributed by atoms with Crippen LogP contribution in [0, 0.1) is 0 Å². The maximum absolute atomic E-state index is 10.8. The highest BCUT2D eigenvalue weighted by Crippen LogP contribution is 1.98. The quantitative estimate of drug-likeness (QED) is 0.291. The lowest BCUT2D eigenvalue weighted by molar-refractivity contribution is -0.114. The van der Waals surface area contributed by atoms with E-state index in [-0.39, 0.29) is 5.68 Å². The van der Waals surface area contributed by atoms with Gasteiger partial charge in [0, 0.05) is 0 Å². The van der Waals surface area contributed by atoms with Gasteiger partial charge >= 0.3 is 7.48 Å². The molecule has 6 heteroatoms. The van der Waals surface area contributed by atoms with Crippen LogP contribution in [-0.2, 0) is 4.79 Å². The third-order valence-electron chi connectivity index (χ3n) is 1.76. The van der Waals surface area contributed by atoms with Gasteiger partial charge in [0.05, 0.1) is 6.04 Å². The van der Waals surface area contributed by atoms with E-state index >= 15 is 0 Å². The molecule has 0 rings (SSSR count). The maximum atomic E-state index is 10.8. The molecule has 0 bridgehead atoms. The number of hydrogen-bond acceptors (Lipinski definition) is 4. The fourth-order valence-corrected chi connectivity index (χ4v) is 0.944. The van der Waals surface area contributed by atoms with Crippen LogP contribution in [0.2, 0.25) is 0 Å². The van der Waals surface area contributed by atoms with Crippen LogP contribution in [0.5, 0.6) is 0 Å². The predicted molar refractivity (Wildman–Crippen MR) is 52.7 cm³/mol. The van der Waals surface area contributed by atoms with Gasteiger partial charge in [-0.2, -0.15) is 0 Å². The van der Waals surface area contributed by atoms with Gasteiger partial charge in [-0.05, 0) is 19.4 Å². The van der Waals surface area contributed by atoms with Gasteiger partial charge in [-0.3, -0.25) is 0 Å². The molecular formula is C6H16B2N2O2. The molecule has 1 atom stereocenters. The highest BCUT2D eigenvalue weighted by Gasteiger charge is 2.12. The number of hydrogen-bond donors (Lipinski definition) is 3. The molecule has 0 radical (unpaired) electrons. The van der Waals surface area contributed by atoms with Crippen LogP contribution < -0.4 is 11.0 Å². The zero-order valence-corrected chi connectivity index (χ0v) is 7.55. The minimum atomic E-state index is -0.480. The summed E-state index contributed by atoms with van der Waals surface area (Å²) in [7, 11) is 1.45. The third-order valence-corrected chi connectivity index (χ3v) is 1.76. The van der Waals surface area contributed by atoms with E-state index in [1.54, 1.807) is 0 Å². The Morgan fingerprint density at radius 1 is 1.67 bits per heavy atom. The lowest BCUT2D eigenvalue weighted by atomic mass is 9.86. The molecule has 0 saturated carbocycles. The smallest absolute Gasteiger partial charge is 0.350 e. The average molecular weight is 170 g/mol. The summed E-state index contributed by atoms with van der Waals surface area (Å²) >= 11 is 0. The first-order valence-electron chi connectivity index (χ1n) is 4.26. The molecule has 0 spiro atoms. The molecule has 4 nitrogen and oxygen atoms in total. The van der Waals surface area contributed by atoms with Crippen LogP contribution in [-0.4, -0.2) is 38.8 Å². The topological polar surface area (TPSA) is 75.3 Å². The molecule has 0 aliphatic heterocycles. The molecule has 0 unspecified atom stereocenters. The largest absolute Gasteiger partial charge is 0.447 e. The number of carbonyl (C=O) groups excluding carboxylic acids is 1. The van der Waals surface area contributed by atoms with Crippen molar-refractivity contribution in [1.29, 1.82) is 0 Å². The van der Waals surface area contributed by atoms with Gasteiger partial charge in [-0.15, -0.1) is 0 Å². The van der Waals surface area contributed by atoms with Crippen LogP contribution in [0.3, 0.4) is 0 Å². The van der Waals surface area contributed by atoms with Crippen molar-refractivity contribution >= 4 is 21.1 Å². The van der Waals surface area contributed by atoms with Crippen molar-refractivity contribution in [2.45, 2.75) is 25.3 Å². The van der Waals surface area contributed by atoms with Gasteiger partial charge in [0.1, 0.15) is 5.68 Å². The van der Waals surface area contributed by atoms with E-state index in [9.17, 15) is 4.79 Å². The van der Waals surface area contributed by atoms with E-state index in [2.05, 4.69) is 5.23 Å². The van der Waals surface area contributed by atoms with Crippen molar-refractivity contribution in [2.75, 3.05) is 6.54 Å². The Labute approximate surface area is 74.6 Å². The van der Waals surface area contributed by atoms with E-state index in [4.69, 9.17) is 10.8 Å². The van der Waals surface area contributed by atoms with Crippen molar-refractivity contribution in [3.8, 4) is 0 Å². The van der Waals surface area contributed by atoms with E-state index in [0.29, 0.717) is 6.42 Å². The molecule has 0 aliphatic carbocycles. The van der Waals surface area contributed by atoms with E-state index < -0.39 is 13.5 Å². The zero-order valence-electron chi connectivity index (χ0n) is 7.55. The van der Waals surface area contributed by atoms with Gasteiger partial charge in [0.25, 0.3) is 0 Å². The summed E-state index contributed by atoms with van der Waals surface area (Å²) in [5.74, 6) is 0. The fourth-order valence-electron chi connectivity index (χ4n) is 0.944. The second kappa shape index (κ2) is 7.34. The molecule has 0 aromatic carbocycles. The molecule has 0 aromatic rings. The average Bonchev–Trinajstić information content (AvgIpc) is 2.10. The summed E-state index contributed by atoms with van der Waals surface area (Å²) in [6.07, 6.45) is 2.61. The van der Waals surface area contributed by atoms with E-state index in [1.807, 2.05) is 7.98 Å². The maximum Gasteiger partial charge on any atom is 0.350 e. The number of rotatable bonds is 7. The number of nitrogens with two attached hydrogens (primary N) is 1. The second-order valence-corrected chi connectivity index (χ2v) is 2.83. The van der Waals surface area contributed by atoms with Crippen molar-refractivity contribution in [3.63, 3.8) is 0 Å². The SMILES string of the molecule is BNCCCC[C@H](N)C(=O)BO. The van der Waals surface area contributed by atoms with Crippen LogP contribution in [0.25, 0.3) is 0 Å². The first-order chi connectivity index (χ1) is 5.72. The lowest BCUT2D eigenvalue weighted by Gasteiger charge is -2.07. The Hall–Kier alpha value is -0.320. The molecule has 0 saturated heterocycles. The molecule has 68 valence electrons. The minimum Gasteiger partial charge on any atom is -0.447 e. The van der Waals surface area contributed by atoms with Crippen molar-refractivity contribution in [1.82, 2.24) is 5.23 Å². The molecule has 0 heterocycles. The summed E-state index contributed by atoms with van der Waals surface area (Å²) in [5, 5.41) is 11.5. The van der Waals surface area contributed by atoms with Crippen molar-refractivity contribution in [3.05, 3.63) is 0 Å². The fraction of sp³-hybridized carbons (Fsp3) is 0.833. The first kappa shape index (κ1) is 11.7. The zero-order chi connectivity index (χ0) is 9.40. The van der Waals surface area contributed by atoms with Crippen LogP contribution in [0.4, 0.5) is 0 Å². The molecule has 4 N–H and O–H groups in total. The Morgan fingerprint density at radius 2 is 2.33 bits per heavy atom. The standard InChI is InChI=1S/C6H16B2N2O2/c7-10-4-2-1-3-5(9)6(11)8-12/h5,8,10,12H,1-4,7,9H2/t5-/m0/s1. The Bertz CT molecular complexity index is 135. The monoisotopic (exact) mass is 170 g/mol. The van der Waals surface area contributed by atoms with Crippen LogP contribution in [0.1, 0.15) is 19.3 Å². The van der Waals surface area contributed by atoms with Gasteiger partial charge in [-0.25, -0.2) is 0 Å². The summed E-state index contributed by atoms with van der Waals surface area (Å²) < 4.78 is 0. The van der Waals surface area contributed by atoms with E-state index in [0.717, 1.165) is 19.4 Å². The molecular weight excluding hydrogens is 154 g/mol. The highest BCUT2D eigenvalue weighted by molar-refractivity contribution is 6.69. The van der Waals surface area contributed by atoms with Gasteiger partial charge in [-0.1, -0.05) is 6.42 Å². The molecule has 0 fully saturated rings. The summed E-state index contributed by atoms with van der Waals surface area (Å²) in [6, 6.07) is -0.480. The Kier molecular flexibility index (Phi) is 7.14. The van der Waals surface area contributed by atoms with Crippen LogP contribution in [0.15, 0.2) is 0 Å². The predicted octanol–water partition coefficient (Wildman–Crippen LogP) is -2.51. The van der Waals surface area contributed by atoms with Crippen molar-refractivity contribution < 1.29 is 9.82 Å². The highest BCUT2D eigenvalue weighted by atomic mass is 16.2. The molecule has 0 aromatic heterocycles.